The number of hydrogen-bond acceptors (Lipinski definition) is 3. The number of unbranched alkanes of at least 4 members (excludes halogenated alkanes) is 2. The van der Waals surface area contributed by atoms with Gasteiger partial charge in [0.2, 0.25) is 10.0 Å². The smallest absolute Gasteiger partial charge is 0.240 e. The Labute approximate surface area is 154 Å². The summed E-state index contributed by atoms with van der Waals surface area (Å²) < 4.78 is 27.3. The number of hydrogen-bond donors (Lipinski definition) is 2. The molecule has 0 heterocycles. The Morgan fingerprint density at radius 2 is 1.76 bits per heavy atom. The van der Waals surface area contributed by atoms with Crippen molar-refractivity contribution in [2.75, 3.05) is 6.61 Å². The van der Waals surface area contributed by atoms with E-state index in [4.69, 9.17) is 0 Å². The van der Waals surface area contributed by atoms with Gasteiger partial charge in [-0.15, -0.1) is 0 Å². The summed E-state index contributed by atoms with van der Waals surface area (Å²) in [5.41, 5.74) is 1.01. The molecule has 1 atom stereocenters. The normalized spacial score (nSPS) is 14.1. The van der Waals surface area contributed by atoms with Crippen LogP contribution in [0.4, 0.5) is 0 Å². The zero-order valence-corrected chi connectivity index (χ0v) is 17.8. The Kier molecular flexibility index (Phi) is 9.06. The third kappa shape index (κ3) is 9.35. The number of benzene rings is 1. The van der Waals surface area contributed by atoms with Gasteiger partial charge in [0, 0.05) is 14.1 Å². The van der Waals surface area contributed by atoms with E-state index in [0.717, 1.165) is 24.8 Å². The van der Waals surface area contributed by atoms with Gasteiger partial charge in [0.15, 0.2) is 0 Å². The predicted molar refractivity (Wildman–Crippen MR) is 108 cm³/mol. The van der Waals surface area contributed by atoms with E-state index in [1.165, 1.54) is 6.04 Å². The molecule has 1 aromatic rings. The van der Waals surface area contributed by atoms with E-state index in [9.17, 15) is 13.5 Å². The van der Waals surface area contributed by atoms with Gasteiger partial charge in [-0.2, -0.15) is 0 Å². The number of aliphatic hydroxyl groups is 1. The molecule has 0 aliphatic heterocycles. The second-order valence-corrected chi connectivity index (χ2v) is 15.1. The van der Waals surface area contributed by atoms with Crippen LogP contribution in [0.5, 0.6) is 0 Å². The van der Waals surface area contributed by atoms with Gasteiger partial charge >= 0.3 is 0 Å². The standard InChI is InChI=1S/C19H33NO3SSi/c1-17-11-13-19(14-12-17)24(22,23)20-18(16-21)10-8-6-5-7-9-15-25(2,3)4/h7,9,11-14,18,20-21H,5-6,8,10,15-16H2,1-4H3/b9-7-/t18-/m0/s1. The number of allylic oxidation sites excluding steroid dienone is 2. The monoisotopic (exact) mass is 383 g/mol. The van der Waals surface area contributed by atoms with Crippen molar-refractivity contribution in [3.63, 3.8) is 0 Å². The molecule has 25 heavy (non-hydrogen) atoms. The molecule has 0 amide bonds. The maximum atomic E-state index is 12.4. The molecule has 0 fully saturated rings. The van der Waals surface area contributed by atoms with Crippen LogP contribution in [-0.4, -0.2) is 34.2 Å². The Morgan fingerprint density at radius 3 is 2.32 bits per heavy atom. The van der Waals surface area contributed by atoms with Gasteiger partial charge < -0.3 is 5.11 Å². The van der Waals surface area contributed by atoms with Crippen molar-refractivity contribution >= 4 is 18.1 Å². The van der Waals surface area contributed by atoms with E-state index in [1.54, 1.807) is 24.3 Å². The highest BCUT2D eigenvalue weighted by Crippen LogP contribution is 2.13. The summed E-state index contributed by atoms with van der Waals surface area (Å²) in [5, 5.41) is 9.47. The summed E-state index contributed by atoms with van der Waals surface area (Å²) in [4.78, 5) is 0.242. The second-order valence-electron chi connectivity index (χ2n) is 7.83. The number of sulfonamides is 1. The predicted octanol–water partition coefficient (Wildman–Crippen LogP) is 4.09. The molecule has 2 N–H and O–H groups in total. The van der Waals surface area contributed by atoms with Crippen molar-refractivity contribution in [1.29, 1.82) is 0 Å². The highest BCUT2D eigenvalue weighted by molar-refractivity contribution is 7.89. The lowest BCUT2D eigenvalue weighted by molar-refractivity contribution is 0.248. The van der Waals surface area contributed by atoms with Gasteiger partial charge in [-0.1, -0.05) is 55.9 Å². The topological polar surface area (TPSA) is 66.4 Å². The maximum absolute atomic E-state index is 12.4. The highest BCUT2D eigenvalue weighted by atomic mass is 32.2. The lowest BCUT2D eigenvalue weighted by atomic mass is 10.1. The first-order chi connectivity index (χ1) is 11.6. The number of nitrogens with one attached hydrogen (secondary N) is 1. The second kappa shape index (κ2) is 10.3. The quantitative estimate of drug-likeness (QED) is 0.344. The minimum Gasteiger partial charge on any atom is -0.395 e. The molecule has 1 aromatic carbocycles. The molecule has 6 heteroatoms. The molecule has 0 aliphatic carbocycles. The molecule has 142 valence electrons. The van der Waals surface area contributed by atoms with Crippen LogP contribution < -0.4 is 4.72 Å². The number of aryl methyl sites for hydroxylation is 1. The van der Waals surface area contributed by atoms with Gasteiger partial charge in [-0.25, -0.2) is 13.1 Å². The van der Waals surface area contributed by atoms with Crippen molar-refractivity contribution < 1.29 is 13.5 Å². The Hall–Kier alpha value is -0.953. The molecular formula is C19H33NO3SSi. The Morgan fingerprint density at radius 1 is 1.12 bits per heavy atom. The zero-order chi connectivity index (χ0) is 18.9. The Bertz CT molecular complexity index is 634. The highest BCUT2D eigenvalue weighted by Gasteiger charge is 2.19. The minimum absolute atomic E-state index is 0.184. The van der Waals surface area contributed by atoms with Crippen LogP contribution in [0.2, 0.25) is 25.7 Å². The molecule has 1 rings (SSSR count). The van der Waals surface area contributed by atoms with Crippen LogP contribution >= 0.6 is 0 Å². The van der Waals surface area contributed by atoms with Gasteiger partial charge in [-0.3, -0.25) is 0 Å². The fourth-order valence-corrected chi connectivity index (χ4v) is 4.54. The van der Waals surface area contributed by atoms with Crippen LogP contribution in [0.1, 0.15) is 31.2 Å². The van der Waals surface area contributed by atoms with Crippen LogP contribution in [0.3, 0.4) is 0 Å². The molecule has 0 spiro atoms. The van der Waals surface area contributed by atoms with Crippen molar-refractivity contribution in [3.8, 4) is 0 Å². The third-order valence-electron chi connectivity index (χ3n) is 3.94. The summed E-state index contributed by atoms with van der Waals surface area (Å²) in [6.07, 6.45) is 8.04. The molecule has 0 unspecified atom stereocenters. The fraction of sp³-hybridized carbons (Fsp3) is 0.579. The largest absolute Gasteiger partial charge is 0.395 e. The summed E-state index contributed by atoms with van der Waals surface area (Å²) in [6.45, 7) is 8.78. The maximum Gasteiger partial charge on any atom is 0.240 e. The van der Waals surface area contributed by atoms with Gasteiger partial charge in [0.25, 0.3) is 0 Å². The van der Waals surface area contributed by atoms with Crippen molar-refractivity contribution in [2.24, 2.45) is 0 Å². The molecule has 0 saturated heterocycles. The van der Waals surface area contributed by atoms with Crippen molar-refractivity contribution in [1.82, 2.24) is 4.72 Å². The summed E-state index contributed by atoms with van der Waals surface area (Å²) >= 11 is 0. The van der Waals surface area contributed by atoms with Crippen LogP contribution in [0.15, 0.2) is 41.3 Å². The van der Waals surface area contributed by atoms with E-state index < -0.39 is 24.1 Å². The molecule has 0 radical (unpaired) electrons. The van der Waals surface area contributed by atoms with Crippen LogP contribution in [0.25, 0.3) is 0 Å². The van der Waals surface area contributed by atoms with Crippen LogP contribution in [0, 0.1) is 6.92 Å². The number of rotatable bonds is 11. The third-order valence-corrected chi connectivity index (χ3v) is 6.94. The van der Waals surface area contributed by atoms with Crippen LogP contribution in [-0.2, 0) is 10.0 Å². The van der Waals surface area contributed by atoms with Gasteiger partial charge in [-0.05, 0) is 44.4 Å². The SMILES string of the molecule is Cc1ccc(S(=O)(=O)N[C@H](CO)CCCC/C=C\C[Si](C)(C)C)cc1. The van der Waals surface area contributed by atoms with E-state index >= 15 is 0 Å². The van der Waals surface area contributed by atoms with Crippen molar-refractivity contribution in [3.05, 3.63) is 42.0 Å². The summed E-state index contributed by atoms with van der Waals surface area (Å²) in [6, 6.07) is 7.50. The summed E-state index contributed by atoms with van der Waals surface area (Å²) in [7, 11) is -4.58. The molecule has 4 nitrogen and oxygen atoms in total. The Balaban J connectivity index is 2.40. The average molecular weight is 384 g/mol. The van der Waals surface area contributed by atoms with E-state index in [1.807, 2.05) is 6.92 Å². The first kappa shape index (κ1) is 22.1. The first-order valence-corrected chi connectivity index (χ1v) is 14.2. The zero-order valence-electron chi connectivity index (χ0n) is 16.0. The minimum atomic E-state index is -3.58. The number of aliphatic hydroxyl groups excluding tert-OH is 1. The molecule has 0 bridgehead atoms. The molecule has 0 saturated carbocycles. The lowest BCUT2D eigenvalue weighted by Crippen LogP contribution is -2.37. The van der Waals surface area contributed by atoms with E-state index in [2.05, 4.69) is 36.5 Å². The lowest BCUT2D eigenvalue weighted by Gasteiger charge is -2.16. The first-order valence-electron chi connectivity index (χ1n) is 8.99. The summed E-state index contributed by atoms with van der Waals surface area (Å²) in [5.74, 6) is 0. The van der Waals surface area contributed by atoms with Gasteiger partial charge in [0.1, 0.15) is 0 Å². The molecule has 0 aliphatic rings. The average Bonchev–Trinajstić information content (AvgIpc) is 2.52. The van der Waals surface area contributed by atoms with E-state index in [0.29, 0.717) is 6.42 Å². The molecule has 0 aromatic heterocycles. The fourth-order valence-electron chi connectivity index (χ4n) is 2.40. The van der Waals surface area contributed by atoms with E-state index in [-0.39, 0.29) is 11.5 Å². The molecular weight excluding hydrogens is 350 g/mol. The van der Waals surface area contributed by atoms with Crippen molar-refractivity contribution in [2.45, 2.75) is 69.2 Å². The van der Waals surface area contributed by atoms with Gasteiger partial charge in [0.05, 0.1) is 11.5 Å².